The zero-order valence-corrected chi connectivity index (χ0v) is 16.7. The molecule has 0 fully saturated rings. The molecule has 0 unspecified atom stereocenters. The molecule has 0 saturated heterocycles. The average molecular weight is 472 g/mol. The fourth-order valence-corrected chi connectivity index (χ4v) is 2.92. The van der Waals surface area contributed by atoms with Crippen molar-refractivity contribution in [3.63, 3.8) is 0 Å². The third-order valence-electron chi connectivity index (χ3n) is 3.80. The maximum atomic E-state index is 9.56. The fourth-order valence-electron chi connectivity index (χ4n) is 2.44. The van der Waals surface area contributed by atoms with E-state index in [-0.39, 0.29) is 0 Å². The van der Waals surface area contributed by atoms with Crippen molar-refractivity contribution in [1.29, 1.82) is 5.26 Å². The van der Waals surface area contributed by atoms with Gasteiger partial charge < -0.3 is 4.74 Å². The number of rotatable bonds is 5. The number of ether oxygens (including phenoxy) is 1. The largest absolute Gasteiger partial charge is 0.488 e. The second-order valence-corrected chi connectivity index (χ2v) is 7.31. The summed E-state index contributed by atoms with van der Waals surface area (Å²) in [7, 11) is 0. The summed E-state index contributed by atoms with van der Waals surface area (Å²) in [6.07, 6.45) is 1.86. The molecule has 0 atom stereocenters. The first kappa shape index (κ1) is 18.5. The van der Waals surface area contributed by atoms with Gasteiger partial charge in [-0.1, -0.05) is 54.1 Å². The van der Waals surface area contributed by atoms with Gasteiger partial charge in [0.1, 0.15) is 12.4 Å². The first-order valence-electron chi connectivity index (χ1n) is 8.00. The van der Waals surface area contributed by atoms with Crippen LogP contribution >= 0.6 is 34.2 Å². The fraction of sp³-hybridized carbons (Fsp3) is 0.0455. The Morgan fingerprint density at radius 3 is 2.38 bits per heavy atom. The topological polar surface area (TPSA) is 33.0 Å². The number of hydrogen-bond acceptors (Lipinski definition) is 2. The molecule has 128 valence electrons. The first-order chi connectivity index (χ1) is 12.7. The summed E-state index contributed by atoms with van der Waals surface area (Å²) < 4.78 is 7.10. The van der Waals surface area contributed by atoms with Crippen molar-refractivity contribution >= 4 is 45.8 Å². The Balaban J connectivity index is 1.84. The van der Waals surface area contributed by atoms with Crippen LogP contribution in [-0.2, 0) is 6.61 Å². The van der Waals surface area contributed by atoms with E-state index in [1.54, 1.807) is 0 Å². The van der Waals surface area contributed by atoms with E-state index in [1.165, 1.54) is 0 Å². The van der Waals surface area contributed by atoms with Gasteiger partial charge >= 0.3 is 0 Å². The molecule has 0 aliphatic rings. The van der Waals surface area contributed by atoms with Crippen LogP contribution in [0, 0.1) is 14.9 Å². The minimum absolute atomic E-state index is 0.438. The summed E-state index contributed by atoms with van der Waals surface area (Å²) in [4.78, 5) is 0. The molecule has 0 N–H and O–H groups in total. The molecule has 0 aromatic heterocycles. The van der Waals surface area contributed by atoms with E-state index in [0.29, 0.717) is 17.2 Å². The Hall–Kier alpha value is -2.29. The average Bonchev–Trinajstić information content (AvgIpc) is 2.67. The summed E-state index contributed by atoms with van der Waals surface area (Å²) in [6, 6.07) is 25.4. The molecule has 0 spiro atoms. The summed E-state index contributed by atoms with van der Waals surface area (Å²) in [5, 5.41) is 10.3. The molecular weight excluding hydrogens is 457 g/mol. The molecule has 0 heterocycles. The highest BCUT2D eigenvalue weighted by atomic mass is 127. The zero-order chi connectivity index (χ0) is 18.4. The van der Waals surface area contributed by atoms with E-state index in [0.717, 1.165) is 26.0 Å². The molecule has 0 amide bonds. The van der Waals surface area contributed by atoms with Crippen LogP contribution in [-0.4, -0.2) is 0 Å². The van der Waals surface area contributed by atoms with E-state index in [1.807, 2.05) is 78.9 Å². The molecule has 0 bridgehead atoms. The minimum atomic E-state index is 0.438. The van der Waals surface area contributed by atoms with Gasteiger partial charge in [0.25, 0.3) is 0 Å². The van der Waals surface area contributed by atoms with Crippen molar-refractivity contribution in [2.45, 2.75) is 6.61 Å². The van der Waals surface area contributed by atoms with Crippen LogP contribution in [0.25, 0.3) is 11.6 Å². The molecule has 0 saturated carbocycles. The lowest BCUT2D eigenvalue weighted by Crippen LogP contribution is -1.97. The second kappa shape index (κ2) is 8.88. The van der Waals surface area contributed by atoms with Gasteiger partial charge in [-0.2, -0.15) is 5.26 Å². The van der Waals surface area contributed by atoms with Crippen molar-refractivity contribution in [3.05, 3.63) is 98.1 Å². The molecular formula is C22H15ClINO. The van der Waals surface area contributed by atoms with Crippen LogP contribution in [0.2, 0.25) is 5.02 Å². The summed E-state index contributed by atoms with van der Waals surface area (Å²) in [5.74, 6) is 0.737. The van der Waals surface area contributed by atoms with Gasteiger partial charge in [0.15, 0.2) is 0 Å². The third kappa shape index (κ3) is 4.87. The molecule has 4 heteroatoms. The summed E-state index contributed by atoms with van der Waals surface area (Å²) >= 11 is 8.16. The predicted molar refractivity (Wildman–Crippen MR) is 115 cm³/mol. The molecule has 3 aromatic rings. The van der Waals surface area contributed by atoms with Crippen LogP contribution in [0.1, 0.15) is 16.7 Å². The standard InChI is InChI=1S/C22H15ClINO/c23-20-9-5-16(6-10-20)15-26-22-4-2-1-3-18(22)13-19(14-25)17-7-11-21(24)12-8-17/h1-13H,15H2/b19-13-. The second-order valence-electron chi connectivity index (χ2n) is 5.63. The minimum Gasteiger partial charge on any atom is -0.488 e. The van der Waals surface area contributed by atoms with Crippen molar-refractivity contribution in [3.8, 4) is 11.8 Å². The monoisotopic (exact) mass is 471 g/mol. The van der Waals surface area contributed by atoms with Gasteiger partial charge in [-0.15, -0.1) is 0 Å². The Morgan fingerprint density at radius 1 is 1.00 bits per heavy atom. The Labute approximate surface area is 171 Å². The Kier molecular flexibility index (Phi) is 6.32. The lowest BCUT2D eigenvalue weighted by atomic mass is 10.0. The molecule has 3 rings (SSSR count). The zero-order valence-electron chi connectivity index (χ0n) is 13.8. The van der Waals surface area contributed by atoms with Crippen molar-refractivity contribution in [1.82, 2.24) is 0 Å². The molecule has 2 nitrogen and oxygen atoms in total. The van der Waals surface area contributed by atoms with E-state index in [9.17, 15) is 5.26 Å². The molecule has 0 aliphatic heterocycles. The van der Waals surface area contributed by atoms with Gasteiger partial charge in [0, 0.05) is 14.2 Å². The highest BCUT2D eigenvalue weighted by Crippen LogP contribution is 2.26. The number of benzene rings is 3. The lowest BCUT2D eigenvalue weighted by molar-refractivity contribution is 0.305. The van der Waals surface area contributed by atoms with Crippen molar-refractivity contribution < 1.29 is 4.74 Å². The summed E-state index contributed by atoms with van der Waals surface area (Å²) in [6.45, 7) is 0.438. The van der Waals surface area contributed by atoms with Gasteiger partial charge in [-0.3, -0.25) is 0 Å². The van der Waals surface area contributed by atoms with Crippen molar-refractivity contribution in [2.75, 3.05) is 0 Å². The number of allylic oxidation sites excluding steroid dienone is 1. The maximum Gasteiger partial charge on any atom is 0.127 e. The quantitative estimate of drug-likeness (QED) is 0.239. The van der Waals surface area contributed by atoms with E-state index >= 15 is 0 Å². The number of para-hydroxylation sites is 1. The number of hydrogen-bond donors (Lipinski definition) is 0. The Bertz CT molecular complexity index is 957. The molecule has 0 radical (unpaired) electrons. The van der Waals surface area contributed by atoms with Gasteiger partial charge in [-0.25, -0.2) is 0 Å². The van der Waals surface area contributed by atoms with Crippen LogP contribution in [0.3, 0.4) is 0 Å². The van der Waals surface area contributed by atoms with E-state index in [2.05, 4.69) is 28.7 Å². The van der Waals surface area contributed by atoms with Gasteiger partial charge in [-0.05, 0) is 70.1 Å². The Morgan fingerprint density at radius 2 is 1.69 bits per heavy atom. The molecule has 26 heavy (non-hydrogen) atoms. The number of nitriles is 1. The van der Waals surface area contributed by atoms with Crippen molar-refractivity contribution in [2.24, 2.45) is 0 Å². The number of halogens is 2. The molecule has 0 aliphatic carbocycles. The van der Waals surface area contributed by atoms with Crippen LogP contribution in [0.5, 0.6) is 5.75 Å². The maximum absolute atomic E-state index is 9.56. The normalized spacial score (nSPS) is 11.0. The van der Waals surface area contributed by atoms with Crippen LogP contribution in [0.15, 0.2) is 72.8 Å². The van der Waals surface area contributed by atoms with E-state index < -0.39 is 0 Å². The van der Waals surface area contributed by atoms with Gasteiger partial charge in [0.05, 0.1) is 11.6 Å². The third-order valence-corrected chi connectivity index (χ3v) is 4.77. The lowest BCUT2D eigenvalue weighted by Gasteiger charge is -2.10. The highest BCUT2D eigenvalue weighted by Gasteiger charge is 2.06. The van der Waals surface area contributed by atoms with Crippen LogP contribution < -0.4 is 4.74 Å². The number of nitrogens with zero attached hydrogens (tertiary/aromatic N) is 1. The SMILES string of the molecule is N#C/C(=C/c1ccccc1OCc1ccc(Cl)cc1)c1ccc(I)cc1. The van der Waals surface area contributed by atoms with E-state index in [4.69, 9.17) is 16.3 Å². The predicted octanol–water partition coefficient (Wildman–Crippen LogP) is 6.59. The molecule has 3 aromatic carbocycles. The highest BCUT2D eigenvalue weighted by molar-refractivity contribution is 14.1. The smallest absolute Gasteiger partial charge is 0.127 e. The van der Waals surface area contributed by atoms with Crippen LogP contribution in [0.4, 0.5) is 0 Å². The first-order valence-corrected chi connectivity index (χ1v) is 9.45. The van der Waals surface area contributed by atoms with Gasteiger partial charge in [0.2, 0.25) is 0 Å². The summed E-state index contributed by atoms with van der Waals surface area (Å²) in [5.41, 5.74) is 3.40.